The molecule has 0 saturated carbocycles. The second kappa shape index (κ2) is 8.36. The van der Waals surface area contributed by atoms with Crippen LogP contribution in [-0.4, -0.2) is 25.6 Å². The van der Waals surface area contributed by atoms with Gasteiger partial charge in [-0.05, 0) is 6.07 Å². The fourth-order valence-corrected chi connectivity index (χ4v) is 3.33. The van der Waals surface area contributed by atoms with Crippen LogP contribution in [0.15, 0.2) is 54.7 Å². The number of ether oxygens (including phenoxy) is 1. The lowest BCUT2D eigenvalue weighted by atomic mass is 10.1. The molecular formula is C19H13Cl2FN2O4S. The number of halogens is 3. The molecule has 6 nitrogen and oxygen atoms in total. The highest BCUT2D eigenvalue weighted by Crippen LogP contribution is 2.34. The SMILES string of the molecule is CS(=O)(=O)NC(=O)c1cc(Cl)c(Oc2cnc(-c3ccccc3)c(Cl)c2)cc1F. The third kappa shape index (κ3) is 5.23. The third-order valence-electron chi connectivity index (χ3n) is 3.64. The fourth-order valence-electron chi connectivity index (χ4n) is 2.42. The Hall–Kier alpha value is -2.68. The molecule has 0 aliphatic rings. The predicted molar refractivity (Wildman–Crippen MR) is 108 cm³/mol. The van der Waals surface area contributed by atoms with E-state index >= 15 is 0 Å². The highest BCUT2D eigenvalue weighted by Gasteiger charge is 2.19. The topological polar surface area (TPSA) is 85.4 Å². The van der Waals surface area contributed by atoms with Gasteiger partial charge in [0.25, 0.3) is 5.91 Å². The molecule has 1 amide bonds. The summed E-state index contributed by atoms with van der Waals surface area (Å²) in [6, 6.07) is 12.6. The minimum Gasteiger partial charge on any atom is -0.454 e. The molecule has 1 N–H and O–H groups in total. The first-order valence-corrected chi connectivity index (χ1v) is 10.7. The number of rotatable bonds is 5. The van der Waals surface area contributed by atoms with Crippen molar-refractivity contribution in [3.63, 3.8) is 0 Å². The average Bonchev–Trinajstić information content (AvgIpc) is 2.64. The van der Waals surface area contributed by atoms with Gasteiger partial charge in [-0.15, -0.1) is 0 Å². The molecule has 0 bridgehead atoms. The standard InChI is InChI=1S/C19H13Cl2FN2O4S/c1-29(26,27)24-19(25)13-8-14(20)17(9-16(13)22)28-12-7-15(21)18(23-10-12)11-5-3-2-4-6-11/h2-10H,1H3,(H,24,25). The van der Waals surface area contributed by atoms with Gasteiger partial charge in [-0.1, -0.05) is 53.5 Å². The van der Waals surface area contributed by atoms with Crippen molar-refractivity contribution in [3.05, 3.63) is 76.2 Å². The van der Waals surface area contributed by atoms with E-state index in [9.17, 15) is 17.6 Å². The Morgan fingerprint density at radius 3 is 2.41 bits per heavy atom. The van der Waals surface area contributed by atoms with E-state index in [1.54, 1.807) is 4.72 Å². The molecule has 0 aliphatic carbocycles. The molecule has 0 saturated heterocycles. The second-order valence-electron chi connectivity index (χ2n) is 5.94. The molecule has 3 aromatic rings. The molecule has 0 fully saturated rings. The first kappa shape index (κ1) is 21.0. The number of nitrogens with zero attached hydrogens (tertiary/aromatic N) is 1. The van der Waals surface area contributed by atoms with Crippen LogP contribution in [0.1, 0.15) is 10.4 Å². The Labute approximate surface area is 176 Å². The fraction of sp³-hybridized carbons (Fsp3) is 0.0526. The zero-order chi connectivity index (χ0) is 21.2. The van der Waals surface area contributed by atoms with Crippen LogP contribution >= 0.6 is 23.2 Å². The van der Waals surface area contributed by atoms with E-state index in [0.717, 1.165) is 24.0 Å². The smallest absolute Gasteiger partial charge is 0.267 e. The summed E-state index contributed by atoms with van der Waals surface area (Å²) in [6.07, 6.45) is 2.17. The normalized spacial score (nSPS) is 11.2. The minimum absolute atomic E-state index is 0.0922. The number of pyridine rings is 1. The van der Waals surface area contributed by atoms with Gasteiger partial charge in [0.05, 0.1) is 33.8 Å². The van der Waals surface area contributed by atoms with E-state index in [1.165, 1.54) is 12.3 Å². The van der Waals surface area contributed by atoms with Crippen molar-refractivity contribution in [1.82, 2.24) is 9.71 Å². The molecule has 150 valence electrons. The van der Waals surface area contributed by atoms with Gasteiger partial charge in [0, 0.05) is 17.7 Å². The second-order valence-corrected chi connectivity index (χ2v) is 8.50. The van der Waals surface area contributed by atoms with E-state index in [2.05, 4.69) is 4.98 Å². The summed E-state index contributed by atoms with van der Waals surface area (Å²) >= 11 is 12.3. The van der Waals surface area contributed by atoms with Gasteiger partial charge in [-0.25, -0.2) is 17.5 Å². The van der Waals surface area contributed by atoms with Gasteiger partial charge in [0.1, 0.15) is 17.3 Å². The maximum atomic E-state index is 14.3. The molecule has 1 aromatic heterocycles. The molecule has 10 heteroatoms. The highest BCUT2D eigenvalue weighted by molar-refractivity contribution is 7.89. The van der Waals surface area contributed by atoms with E-state index < -0.39 is 27.3 Å². The lowest BCUT2D eigenvalue weighted by Crippen LogP contribution is -2.30. The molecule has 0 aliphatic heterocycles. The van der Waals surface area contributed by atoms with Crippen LogP contribution in [-0.2, 0) is 10.0 Å². The number of benzene rings is 2. The van der Waals surface area contributed by atoms with Crippen LogP contribution in [0.5, 0.6) is 11.5 Å². The third-order valence-corrected chi connectivity index (χ3v) is 4.78. The summed E-state index contributed by atoms with van der Waals surface area (Å²) in [5, 5.41) is 0.211. The van der Waals surface area contributed by atoms with E-state index in [1.807, 2.05) is 30.3 Å². The summed E-state index contributed by atoms with van der Waals surface area (Å²) in [5.41, 5.74) is 0.822. The van der Waals surface area contributed by atoms with Crippen LogP contribution in [0, 0.1) is 5.82 Å². The first-order chi connectivity index (χ1) is 13.6. The first-order valence-electron chi connectivity index (χ1n) is 8.04. The van der Waals surface area contributed by atoms with E-state index in [-0.39, 0.29) is 16.5 Å². The maximum absolute atomic E-state index is 14.3. The molecule has 2 aromatic carbocycles. The molecule has 0 unspecified atom stereocenters. The molecule has 3 rings (SSSR count). The van der Waals surface area contributed by atoms with Gasteiger partial charge in [0.2, 0.25) is 10.0 Å². The van der Waals surface area contributed by atoms with Crippen molar-refractivity contribution < 1.29 is 22.3 Å². The molecule has 29 heavy (non-hydrogen) atoms. The largest absolute Gasteiger partial charge is 0.454 e. The van der Waals surface area contributed by atoms with Crippen molar-refractivity contribution in [1.29, 1.82) is 0 Å². The summed E-state index contributed by atoms with van der Waals surface area (Å²) in [5.74, 6) is -2.05. The average molecular weight is 455 g/mol. The Morgan fingerprint density at radius 2 is 1.79 bits per heavy atom. The monoisotopic (exact) mass is 454 g/mol. The Balaban J connectivity index is 1.86. The quantitative estimate of drug-likeness (QED) is 0.604. The highest BCUT2D eigenvalue weighted by atomic mass is 35.5. The van der Waals surface area contributed by atoms with Crippen molar-refractivity contribution >= 4 is 39.1 Å². The summed E-state index contributed by atoms with van der Waals surface area (Å²) in [7, 11) is -3.86. The predicted octanol–water partition coefficient (Wildman–Crippen LogP) is 4.68. The number of nitrogens with one attached hydrogen (secondary N) is 1. The Bertz CT molecular complexity index is 1190. The number of sulfonamides is 1. The van der Waals surface area contributed by atoms with Crippen molar-refractivity contribution in [2.75, 3.05) is 6.26 Å². The number of hydrogen-bond acceptors (Lipinski definition) is 5. The van der Waals surface area contributed by atoms with Crippen molar-refractivity contribution in [3.8, 4) is 22.8 Å². The number of hydrogen-bond donors (Lipinski definition) is 1. The summed E-state index contributed by atoms with van der Waals surface area (Å²) in [4.78, 5) is 16.1. The van der Waals surface area contributed by atoms with Crippen molar-refractivity contribution in [2.45, 2.75) is 0 Å². The number of carbonyl (C=O) groups excluding carboxylic acids is 1. The van der Waals surface area contributed by atoms with Crippen LogP contribution in [0.25, 0.3) is 11.3 Å². The molecule has 0 radical (unpaired) electrons. The Morgan fingerprint density at radius 1 is 1.10 bits per heavy atom. The number of aromatic nitrogens is 1. The van der Waals surface area contributed by atoms with Gasteiger partial charge in [-0.3, -0.25) is 9.78 Å². The minimum atomic E-state index is -3.86. The van der Waals surface area contributed by atoms with Crippen LogP contribution in [0.3, 0.4) is 0 Å². The zero-order valence-electron chi connectivity index (χ0n) is 14.8. The van der Waals surface area contributed by atoms with Crippen LogP contribution in [0.4, 0.5) is 4.39 Å². The van der Waals surface area contributed by atoms with Crippen LogP contribution < -0.4 is 9.46 Å². The maximum Gasteiger partial charge on any atom is 0.267 e. The summed E-state index contributed by atoms with van der Waals surface area (Å²) < 4.78 is 43.8. The summed E-state index contributed by atoms with van der Waals surface area (Å²) in [6.45, 7) is 0. The lowest BCUT2D eigenvalue weighted by molar-refractivity contribution is 0.0977. The van der Waals surface area contributed by atoms with Gasteiger partial charge in [0.15, 0.2) is 0 Å². The molecule has 0 spiro atoms. The molecule has 1 heterocycles. The van der Waals surface area contributed by atoms with E-state index in [0.29, 0.717) is 10.7 Å². The van der Waals surface area contributed by atoms with Crippen LogP contribution in [0.2, 0.25) is 10.0 Å². The van der Waals surface area contributed by atoms with Gasteiger partial charge < -0.3 is 4.74 Å². The molecule has 0 atom stereocenters. The zero-order valence-corrected chi connectivity index (χ0v) is 17.1. The number of amides is 1. The van der Waals surface area contributed by atoms with Gasteiger partial charge in [-0.2, -0.15) is 0 Å². The lowest BCUT2D eigenvalue weighted by Gasteiger charge is -2.11. The Kier molecular flexibility index (Phi) is 6.07. The molecular weight excluding hydrogens is 442 g/mol. The number of carbonyl (C=O) groups is 1. The van der Waals surface area contributed by atoms with Crippen molar-refractivity contribution in [2.24, 2.45) is 0 Å². The van der Waals surface area contributed by atoms with Gasteiger partial charge >= 0.3 is 0 Å². The van der Waals surface area contributed by atoms with E-state index in [4.69, 9.17) is 27.9 Å².